The fraction of sp³-hybridized carbons (Fsp3) is 0.459. The van der Waals surface area contributed by atoms with Gasteiger partial charge in [-0.2, -0.15) is 0 Å². The monoisotopic (exact) mass is 656 g/mol. The van der Waals surface area contributed by atoms with Crippen LogP contribution < -0.4 is 15.8 Å². The van der Waals surface area contributed by atoms with E-state index in [0.717, 1.165) is 53.4 Å². The predicted octanol–water partition coefficient (Wildman–Crippen LogP) is 5.96. The number of carbonyl (C=O) groups is 2. The number of amides is 2. The summed E-state index contributed by atoms with van der Waals surface area (Å²) in [5.41, 5.74) is 10.3. The van der Waals surface area contributed by atoms with Gasteiger partial charge in [0, 0.05) is 75.4 Å². The SMILES string of the molecule is COCCCn1c(C2CCCN(C(=O)CC(Cc3ccc(-c4ccc(N)nc4)cc3)NC(=O)OC(C)(C)C)C2)cc2c(OC)nccc21. The second-order valence-corrected chi connectivity index (χ2v) is 13.4. The van der Waals surface area contributed by atoms with Crippen molar-refractivity contribution in [2.24, 2.45) is 0 Å². The Morgan fingerprint density at radius 2 is 1.83 bits per heavy atom. The van der Waals surface area contributed by atoms with Crippen LogP contribution in [0.3, 0.4) is 0 Å². The largest absolute Gasteiger partial charge is 0.481 e. The summed E-state index contributed by atoms with van der Waals surface area (Å²) in [6, 6.07) is 15.5. The summed E-state index contributed by atoms with van der Waals surface area (Å²) in [6.45, 7) is 8.19. The Bertz CT molecular complexity index is 1680. The smallest absolute Gasteiger partial charge is 0.407 e. The second kappa shape index (κ2) is 15.5. The van der Waals surface area contributed by atoms with Gasteiger partial charge < -0.3 is 34.7 Å². The first kappa shape index (κ1) is 34.7. The van der Waals surface area contributed by atoms with Gasteiger partial charge in [0.2, 0.25) is 11.8 Å². The third-order valence-electron chi connectivity index (χ3n) is 8.64. The molecular weight excluding hydrogens is 608 g/mol. The van der Waals surface area contributed by atoms with Gasteiger partial charge in [-0.25, -0.2) is 14.8 Å². The van der Waals surface area contributed by atoms with Crippen molar-refractivity contribution in [3.05, 3.63) is 72.2 Å². The molecule has 11 heteroatoms. The molecule has 0 radical (unpaired) electrons. The van der Waals surface area contributed by atoms with Crippen molar-refractivity contribution < 1.29 is 23.8 Å². The standard InChI is InChI=1S/C37H48N6O5/c1-37(2,3)48-36(45)41-29(20-25-9-11-26(12-10-25)27-13-14-33(38)40-23-27)21-34(44)42-17-6-8-28(24-42)32-22-30-31(15-16-39-35(30)47-5)43(32)18-7-19-46-4/h9-16,22-23,28-29H,6-8,17-21,24H2,1-5H3,(H2,38,40)(H,41,45). The highest BCUT2D eigenvalue weighted by molar-refractivity contribution is 5.86. The number of hydrogen-bond donors (Lipinski definition) is 2. The minimum Gasteiger partial charge on any atom is -0.481 e. The first-order chi connectivity index (χ1) is 23.0. The number of aryl methyl sites for hydroxylation is 1. The molecule has 3 N–H and O–H groups in total. The predicted molar refractivity (Wildman–Crippen MR) is 187 cm³/mol. The number of pyridine rings is 2. The van der Waals surface area contributed by atoms with E-state index in [9.17, 15) is 9.59 Å². The third kappa shape index (κ3) is 8.83. The van der Waals surface area contributed by atoms with Gasteiger partial charge in [-0.05, 0) is 81.8 Å². The van der Waals surface area contributed by atoms with Crippen LogP contribution in [0.2, 0.25) is 0 Å². The van der Waals surface area contributed by atoms with Crippen molar-refractivity contribution in [1.29, 1.82) is 0 Å². The molecule has 48 heavy (non-hydrogen) atoms. The quantitative estimate of drug-likeness (QED) is 0.179. The second-order valence-electron chi connectivity index (χ2n) is 13.4. The first-order valence-corrected chi connectivity index (χ1v) is 16.6. The highest BCUT2D eigenvalue weighted by atomic mass is 16.6. The van der Waals surface area contributed by atoms with E-state index in [-0.39, 0.29) is 18.2 Å². The normalized spacial score (nSPS) is 15.7. The Morgan fingerprint density at radius 1 is 1.06 bits per heavy atom. The number of alkyl carbamates (subject to hydrolysis) is 1. The molecular formula is C37H48N6O5. The van der Waals surface area contributed by atoms with Gasteiger partial charge in [0.15, 0.2) is 0 Å². The average Bonchev–Trinajstić information content (AvgIpc) is 3.43. The van der Waals surface area contributed by atoms with Crippen molar-refractivity contribution in [2.75, 3.05) is 39.6 Å². The number of anilines is 1. The zero-order chi connectivity index (χ0) is 34.3. The molecule has 1 aromatic carbocycles. The molecule has 2 amide bonds. The van der Waals surface area contributed by atoms with Crippen LogP contribution in [0.4, 0.5) is 10.6 Å². The summed E-state index contributed by atoms with van der Waals surface area (Å²) in [5, 5.41) is 3.96. The van der Waals surface area contributed by atoms with Crippen molar-refractivity contribution in [3.63, 3.8) is 0 Å². The van der Waals surface area contributed by atoms with Crippen LogP contribution in [-0.2, 0) is 27.2 Å². The molecule has 11 nitrogen and oxygen atoms in total. The maximum atomic E-state index is 13.9. The number of piperidine rings is 1. The molecule has 0 saturated carbocycles. The van der Waals surface area contributed by atoms with Gasteiger partial charge >= 0.3 is 6.09 Å². The van der Waals surface area contributed by atoms with Gasteiger partial charge in [-0.15, -0.1) is 0 Å². The third-order valence-corrected chi connectivity index (χ3v) is 8.64. The van der Waals surface area contributed by atoms with E-state index in [2.05, 4.69) is 25.9 Å². The number of rotatable bonds is 12. The minimum atomic E-state index is -0.659. The fourth-order valence-electron chi connectivity index (χ4n) is 6.43. The summed E-state index contributed by atoms with van der Waals surface area (Å²) >= 11 is 0. The van der Waals surface area contributed by atoms with Gasteiger partial charge in [-0.3, -0.25) is 4.79 Å². The maximum Gasteiger partial charge on any atom is 0.407 e. The fourth-order valence-corrected chi connectivity index (χ4v) is 6.43. The Kier molecular flexibility index (Phi) is 11.2. The Labute approximate surface area is 282 Å². The number of likely N-dealkylation sites (tertiary alicyclic amines) is 1. The molecule has 1 aliphatic heterocycles. The molecule has 1 aliphatic rings. The van der Waals surface area contributed by atoms with Crippen LogP contribution in [-0.4, -0.2) is 77.0 Å². The number of benzene rings is 1. The summed E-state index contributed by atoms with van der Waals surface area (Å²) in [4.78, 5) is 37.4. The van der Waals surface area contributed by atoms with Crippen LogP contribution in [0, 0.1) is 0 Å². The topological polar surface area (TPSA) is 134 Å². The van der Waals surface area contributed by atoms with Crippen molar-refractivity contribution >= 4 is 28.7 Å². The van der Waals surface area contributed by atoms with Crippen molar-refractivity contribution in [3.8, 4) is 17.0 Å². The van der Waals surface area contributed by atoms with Gasteiger partial charge in [0.25, 0.3) is 0 Å². The first-order valence-electron chi connectivity index (χ1n) is 16.6. The van der Waals surface area contributed by atoms with E-state index in [1.807, 2.05) is 62.1 Å². The zero-order valence-corrected chi connectivity index (χ0v) is 28.7. The molecule has 4 aromatic rings. The molecule has 1 saturated heterocycles. The van der Waals surface area contributed by atoms with Crippen LogP contribution in [0.25, 0.3) is 22.0 Å². The molecule has 2 unspecified atom stereocenters. The Balaban J connectivity index is 1.33. The van der Waals surface area contributed by atoms with Crippen LogP contribution >= 0.6 is 0 Å². The number of methoxy groups -OCH3 is 2. The minimum absolute atomic E-state index is 0.00613. The lowest BCUT2D eigenvalue weighted by atomic mass is 9.93. The summed E-state index contributed by atoms with van der Waals surface area (Å²) in [7, 11) is 3.35. The molecule has 2 atom stereocenters. The van der Waals surface area contributed by atoms with E-state index in [1.165, 1.54) is 5.69 Å². The number of nitrogens with two attached hydrogens (primary N) is 1. The maximum absolute atomic E-state index is 13.9. The van der Waals surface area contributed by atoms with Crippen molar-refractivity contribution in [1.82, 2.24) is 24.8 Å². The molecule has 3 aromatic heterocycles. The van der Waals surface area contributed by atoms with E-state index in [4.69, 9.17) is 19.9 Å². The Morgan fingerprint density at radius 3 is 2.52 bits per heavy atom. The number of nitrogen functional groups attached to an aromatic ring is 1. The number of ether oxygens (including phenoxy) is 3. The van der Waals surface area contributed by atoms with Gasteiger partial charge in [0.1, 0.15) is 11.4 Å². The van der Waals surface area contributed by atoms with Crippen molar-refractivity contribution in [2.45, 2.75) is 77.0 Å². The van der Waals surface area contributed by atoms with Crippen LogP contribution in [0.5, 0.6) is 5.88 Å². The lowest BCUT2D eigenvalue weighted by Crippen LogP contribution is -2.46. The number of carbonyl (C=O) groups excluding carboxylic acids is 2. The van der Waals surface area contributed by atoms with E-state index >= 15 is 0 Å². The molecule has 0 spiro atoms. The number of aromatic nitrogens is 3. The van der Waals surface area contributed by atoms with Gasteiger partial charge in [0.05, 0.1) is 18.0 Å². The van der Waals surface area contributed by atoms with Crippen LogP contribution in [0.1, 0.15) is 63.6 Å². The highest BCUT2D eigenvalue weighted by Gasteiger charge is 2.30. The summed E-state index contributed by atoms with van der Waals surface area (Å²) in [5.74, 6) is 1.22. The summed E-state index contributed by atoms with van der Waals surface area (Å²) in [6.07, 6.45) is 6.33. The van der Waals surface area contributed by atoms with E-state index in [1.54, 1.807) is 32.7 Å². The Hall–Kier alpha value is -4.64. The lowest BCUT2D eigenvalue weighted by Gasteiger charge is -2.34. The van der Waals surface area contributed by atoms with Crippen LogP contribution in [0.15, 0.2) is 60.9 Å². The van der Waals surface area contributed by atoms with Gasteiger partial charge in [-0.1, -0.05) is 24.3 Å². The number of hydrogen-bond acceptors (Lipinski definition) is 8. The highest BCUT2D eigenvalue weighted by Crippen LogP contribution is 2.35. The molecule has 256 valence electrons. The number of fused-ring (bicyclic) bond motifs is 1. The molecule has 1 fully saturated rings. The number of nitrogens with zero attached hydrogens (tertiary/aromatic N) is 4. The zero-order valence-electron chi connectivity index (χ0n) is 28.7. The van der Waals surface area contributed by atoms with E-state index < -0.39 is 17.7 Å². The molecule has 4 heterocycles. The molecule has 5 rings (SSSR count). The average molecular weight is 657 g/mol. The van der Waals surface area contributed by atoms with E-state index in [0.29, 0.717) is 37.8 Å². The molecule has 0 bridgehead atoms. The molecule has 0 aliphatic carbocycles. The lowest BCUT2D eigenvalue weighted by molar-refractivity contribution is -0.132. The number of nitrogens with one attached hydrogen (secondary N) is 1. The summed E-state index contributed by atoms with van der Waals surface area (Å²) < 4.78 is 18.8.